The molecule has 0 saturated heterocycles. The van der Waals surface area contributed by atoms with Crippen LogP contribution in [0.2, 0.25) is 0 Å². The van der Waals surface area contributed by atoms with Crippen molar-refractivity contribution in [2.24, 2.45) is 17.8 Å². The number of rotatable bonds is 5. The van der Waals surface area contributed by atoms with Crippen molar-refractivity contribution in [3.05, 3.63) is 10.1 Å². The highest BCUT2D eigenvalue weighted by Crippen LogP contribution is 2.33. The van der Waals surface area contributed by atoms with Crippen LogP contribution in [-0.2, 0) is 4.79 Å². The van der Waals surface area contributed by atoms with Crippen LogP contribution >= 0.6 is 0 Å². The summed E-state index contributed by atoms with van der Waals surface area (Å²) < 4.78 is 0. The predicted molar refractivity (Wildman–Crippen MR) is 57.2 cm³/mol. The lowest BCUT2D eigenvalue weighted by Crippen LogP contribution is -2.31. The maximum Gasteiger partial charge on any atom is 0.207 e. The normalized spacial score (nSPS) is 21.9. The lowest BCUT2D eigenvalue weighted by Gasteiger charge is -2.29. The van der Waals surface area contributed by atoms with Crippen molar-refractivity contribution in [2.45, 2.75) is 39.0 Å². The molecule has 0 aromatic carbocycles. The second-order valence-electron chi connectivity index (χ2n) is 4.57. The van der Waals surface area contributed by atoms with Crippen LogP contribution in [0.4, 0.5) is 0 Å². The fourth-order valence-corrected chi connectivity index (χ4v) is 2.58. The van der Waals surface area contributed by atoms with Gasteiger partial charge in [0.05, 0.1) is 0 Å². The Labute approximate surface area is 90.2 Å². The van der Waals surface area contributed by atoms with E-state index in [0.717, 1.165) is 32.0 Å². The van der Waals surface area contributed by atoms with E-state index in [1.165, 1.54) is 6.42 Å². The van der Waals surface area contributed by atoms with Gasteiger partial charge in [0.2, 0.25) is 6.54 Å². The first-order valence-corrected chi connectivity index (χ1v) is 5.72. The van der Waals surface area contributed by atoms with Gasteiger partial charge in [-0.05, 0) is 18.8 Å². The zero-order valence-electron chi connectivity index (χ0n) is 9.22. The Hall–Kier alpha value is -0.930. The molecule has 1 rings (SSSR count). The third-order valence-corrected chi connectivity index (χ3v) is 3.51. The summed E-state index contributed by atoms with van der Waals surface area (Å²) in [7, 11) is 0. The molecule has 0 heterocycles. The van der Waals surface area contributed by atoms with Crippen molar-refractivity contribution in [3.8, 4) is 0 Å². The van der Waals surface area contributed by atoms with E-state index in [0.29, 0.717) is 5.92 Å². The van der Waals surface area contributed by atoms with Crippen LogP contribution in [0.15, 0.2) is 0 Å². The summed E-state index contributed by atoms with van der Waals surface area (Å²) in [6.45, 7) is 1.75. The van der Waals surface area contributed by atoms with Crippen molar-refractivity contribution in [3.63, 3.8) is 0 Å². The third kappa shape index (κ3) is 3.61. The van der Waals surface area contributed by atoms with E-state index in [2.05, 4.69) is 0 Å². The van der Waals surface area contributed by atoms with Gasteiger partial charge in [0.25, 0.3) is 0 Å². The van der Waals surface area contributed by atoms with Gasteiger partial charge in [-0.3, -0.25) is 10.1 Å². The fraction of sp³-hybridized carbons (Fsp3) is 0.909. The average molecular weight is 213 g/mol. The Kier molecular flexibility index (Phi) is 4.72. The van der Waals surface area contributed by atoms with Crippen molar-refractivity contribution < 1.29 is 9.72 Å². The highest BCUT2D eigenvalue weighted by molar-refractivity contribution is 5.53. The maximum atomic E-state index is 10.7. The molecule has 1 aliphatic rings. The molecule has 4 nitrogen and oxygen atoms in total. The number of nitro groups is 1. The van der Waals surface area contributed by atoms with E-state index < -0.39 is 0 Å². The molecule has 0 bridgehead atoms. The number of hydrogen-bond acceptors (Lipinski definition) is 3. The van der Waals surface area contributed by atoms with Crippen LogP contribution in [0, 0.1) is 27.9 Å². The first-order valence-electron chi connectivity index (χ1n) is 5.72. The zero-order valence-corrected chi connectivity index (χ0v) is 9.22. The number of carbonyl (C=O) groups excluding carboxylic acids is 1. The summed E-state index contributed by atoms with van der Waals surface area (Å²) in [5, 5.41) is 10.6. The molecule has 0 spiro atoms. The van der Waals surface area contributed by atoms with Crippen LogP contribution in [0.25, 0.3) is 0 Å². The summed E-state index contributed by atoms with van der Waals surface area (Å²) >= 11 is 0. The van der Waals surface area contributed by atoms with Crippen molar-refractivity contribution in [2.75, 3.05) is 6.54 Å². The lowest BCUT2D eigenvalue weighted by molar-refractivity contribution is -0.491. The molecule has 0 amide bonds. The van der Waals surface area contributed by atoms with Gasteiger partial charge in [-0.15, -0.1) is 0 Å². The minimum absolute atomic E-state index is 0.0510. The van der Waals surface area contributed by atoms with Gasteiger partial charge >= 0.3 is 0 Å². The highest BCUT2D eigenvalue weighted by Gasteiger charge is 2.31. The van der Waals surface area contributed by atoms with E-state index in [-0.39, 0.29) is 23.3 Å². The molecule has 2 atom stereocenters. The standard InChI is InChI=1S/C11H19NO3/c1-9(8-13)11(7-12(14)15)10-5-3-2-4-6-10/h8-11H,2-7H2,1H3/t9-,11+/m1/s1. The molecule has 1 saturated carbocycles. The quantitative estimate of drug-likeness (QED) is 0.400. The Morgan fingerprint density at radius 3 is 2.47 bits per heavy atom. The molecule has 0 radical (unpaired) electrons. The molecule has 0 N–H and O–H groups in total. The Balaban J connectivity index is 2.60. The largest absolute Gasteiger partial charge is 0.303 e. The molecule has 0 aromatic heterocycles. The van der Waals surface area contributed by atoms with Crippen LogP contribution in [-0.4, -0.2) is 17.8 Å². The topological polar surface area (TPSA) is 60.2 Å². The maximum absolute atomic E-state index is 10.7. The molecule has 0 unspecified atom stereocenters. The molecule has 0 aliphatic heterocycles. The van der Waals surface area contributed by atoms with Gasteiger partial charge in [0.1, 0.15) is 6.29 Å². The van der Waals surface area contributed by atoms with Gasteiger partial charge in [-0.25, -0.2) is 0 Å². The van der Waals surface area contributed by atoms with Crippen LogP contribution in [0.3, 0.4) is 0 Å². The average Bonchev–Trinajstić information content (AvgIpc) is 2.26. The van der Waals surface area contributed by atoms with Crippen molar-refractivity contribution in [1.29, 1.82) is 0 Å². The fourth-order valence-electron chi connectivity index (χ4n) is 2.58. The molecule has 15 heavy (non-hydrogen) atoms. The number of carbonyl (C=O) groups is 1. The van der Waals surface area contributed by atoms with E-state index in [1.54, 1.807) is 6.92 Å². The molecule has 1 aliphatic carbocycles. The van der Waals surface area contributed by atoms with Crippen LogP contribution < -0.4 is 0 Å². The monoisotopic (exact) mass is 213 g/mol. The molecule has 1 fully saturated rings. The summed E-state index contributed by atoms with van der Waals surface area (Å²) in [6.07, 6.45) is 6.52. The Morgan fingerprint density at radius 1 is 1.40 bits per heavy atom. The molecular weight excluding hydrogens is 194 g/mol. The molecule has 86 valence electrons. The highest BCUT2D eigenvalue weighted by atomic mass is 16.6. The smallest absolute Gasteiger partial charge is 0.207 e. The van der Waals surface area contributed by atoms with E-state index in [1.807, 2.05) is 0 Å². The molecule has 0 aromatic rings. The number of nitrogens with zero attached hydrogens (tertiary/aromatic N) is 1. The predicted octanol–water partition coefficient (Wildman–Crippen LogP) is 2.29. The SMILES string of the molecule is C[C@H](C=O)[C@H](C[N+](=O)[O-])C1CCCCC1. The zero-order chi connectivity index (χ0) is 11.3. The van der Waals surface area contributed by atoms with E-state index in [4.69, 9.17) is 0 Å². The molecule has 4 heteroatoms. The minimum atomic E-state index is -0.278. The Bertz CT molecular complexity index is 224. The van der Waals surface area contributed by atoms with Gasteiger partial charge in [-0.1, -0.05) is 26.2 Å². The van der Waals surface area contributed by atoms with Gasteiger partial charge in [0, 0.05) is 16.8 Å². The Morgan fingerprint density at radius 2 is 2.00 bits per heavy atom. The number of hydrogen-bond donors (Lipinski definition) is 0. The second-order valence-corrected chi connectivity index (χ2v) is 4.57. The van der Waals surface area contributed by atoms with Crippen molar-refractivity contribution in [1.82, 2.24) is 0 Å². The van der Waals surface area contributed by atoms with Gasteiger partial charge in [-0.2, -0.15) is 0 Å². The second kappa shape index (κ2) is 5.83. The third-order valence-electron chi connectivity index (χ3n) is 3.51. The van der Waals surface area contributed by atoms with E-state index in [9.17, 15) is 14.9 Å². The summed E-state index contributed by atoms with van der Waals surface area (Å²) in [4.78, 5) is 21.0. The van der Waals surface area contributed by atoms with Crippen LogP contribution in [0.5, 0.6) is 0 Å². The first-order chi connectivity index (χ1) is 7.15. The minimum Gasteiger partial charge on any atom is -0.303 e. The summed E-state index contributed by atoms with van der Waals surface area (Å²) in [5.41, 5.74) is 0. The van der Waals surface area contributed by atoms with Gasteiger partial charge < -0.3 is 4.79 Å². The van der Waals surface area contributed by atoms with Crippen molar-refractivity contribution >= 4 is 6.29 Å². The molecular formula is C11H19NO3. The van der Waals surface area contributed by atoms with Gasteiger partial charge in [0.15, 0.2) is 0 Å². The number of aldehydes is 1. The summed E-state index contributed by atoms with van der Waals surface area (Å²) in [6, 6.07) is 0. The summed E-state index contributed by atoms with van der Waals surface area (Å²) in [5.74, 6) is 0.139. The first kappa shape index (κ1) is 12.1. The van der Waals surface area contributed by atoms with E-state index >= 15 is 0 Å². The lowest BCUT2D eigenvalue weighted by atomic mass is 9.75. The van der Waals surface area contributed by atoms with Crippen LogP contribution in [0.1, 0.15) is 39.0 Å².